The third-order valence-electron chi connectivity index (χ3n) is 1.59. The molecule has 2 rings (SSSR count). The summed E-state index contributed by atoms with van der Waals surface area (Å²) in [5.41, 5.74) is 0. The Labute approximate surface area is 139 Å². The van der Waals surface area contributed by atoms with Gasteiger partial charge in [0, 0.05) is 34.5 Å². The SMILES string of the molecule is [2H]C([2H])(O)C([2H])([2H])c1cccs1.[2H]C([2H])(OS(C)(=O)=O)C([2H])([2H])c1cccs1. The first kappa shape index (κ1) is 8.65. The first-order chi connectivity index (χ1) is 12.4. The fourth-order valence-electron chi connectivity index (χ4n) is 0.901. The van der Waals surface area contributed by atoms with E-state index >= 15 is 0 Å². The Morgan fingerprint density at radius 3 is 2.15 bits per heavy atom. The summed E-state index contributed by atoms with van der Waals surface area (Å²) in [6.07, 6.45) is -4.18. The molecule has 0 saturated heterocycles. The van der Waals surface area contributed by atoms with Crippen molar-refractivity contribution >= 4 is 32.8 Å². The monoisotopic (exact) mass is 342 g/mol. The van der Waals surface area contributed by atoms with Crippen LogP contribution in [0.25, 0.3) is 0 Å². The molecule has 0 amide bonds. The smallest absolute Gasteiger partial charge is 0.264 e. The zero-order valence-corrected chi connectivity index (χ0v) is 12.8. The second-order valence-corrected chi connectivity index (χ2v) is 6.68. The molecule has 0 fully saturated rings. The van der Waals surface area contributed by atoms with Crippen molar-refractivity contribution in [2.24, 2.45) is 0 Å². The maximum absolute atomic E-state index is 10.8. The van der Waals surface area contributed by atoms with E-state index < -0.39 is 36.0 Å². The first-order valence-corrected chi connectivity index (χ1v) is 8.70. The average molecular weight is 343 g/mol. The van der Waals surface area contributed by atoms with Crippen LogP contribution in [0.3, 0.4) is 0 Å². The van der Waals surface area contributed by atoms with Crippen LogP contribution in [0.2, 0.25) is 0 Å². The molecule has 2 heterocycles. The third-order valence-corrected chi connectivity index (χ3v) is 3.55. The highest BCUT2D eigenvalue weighted by Gasteiger charge is 2.01. The summed E-state index contributed by atoms with van der Waals surface area (Å²) < 4.78 is 84.0. The van der Waals surface area contributed by atoms with Crippen molar-refractivity contribution < 1.29 is 28.7 Å². The van der Waals surface area contributed by atoms with Gasteiger partial charge in [-0.15, -0.1) is 22.7 Å². The minimum Gasteiger partial charge on any atom is -0.396 e. The van der Waals surface area contributed by atoms with Gasteiger partial charge in [-0.1, -0.05) is 12.1 Å². The van der Waals surface area contributed by atoms with Gasteiger partial charge in [0.05, 0.1) is 18.3 Å². The second-order valence-electron chi connectivity index (χ2n) is 3.21. The van der Waals surface area contributed by atoms with Gasteiger partial charge in [-0.2, -0.15) is 8.42 Å². The van der Waals surface area contributed by atoms with E-state index in [4.69, 9.17) is 16.1 Å². The van der Waals surface area contributed by atoms with E-state index in [0.717, 1.165) is 22.7 Å². The van der Waals surface area contributed by atoms with Crippen LogP contribution in [0, 0.1) is 0 Å². The Kier molecular flexibility index (Phi) is 4.00. The lowest BCUT2D eigenvalue weighted by molar-refractivity contribution is 0.300. The van der Waals surface area contributed by atoms with E-state index in [-0.39, 0.29) is 9.75 Å². The summed E-state index contributed by atoms with van der Waals surface area (Å²) >= 11 is 2.07. The van der Waals surface area contributed by atoms with Crippen LogP contribution >= 0.6 is 22.7 Å². The topological polar surface area (TPSA) is 63.6 Å². The molecule has 4 nitrogen and oxygen atoms in total. The van der Waals surface area contributed by atoms with Crippen molar-refractivity contribution in [1.29, 1.82) is 0 Å². The predicted molar refractivity (Wildman–Crippen MR) is 83.9 cm³/mol. The number of aryl methyl sites for hydroxylation is 2. The molecule has 0 aliphatic heterocycles. The largest absolute Gasteiger partial charge is 0.396 e. The van der Waals surface area contributed by atoms with Crippen LogP contribution in [0.5, 0.6) is 0 Å². The van der Waals surface area contributed by atoms with Gasteiger partial charge < -0.3 is 5.11 Å². The molecule has 2 aromatic heterocycles. The van der Waals surface area contributed by atoms with Gasteiger partial charge in [-0.3, -0.25) is 4.18 Å². The van der Waals surface area contributed by atoms with E-state index in [1.807, 2.05) is 0 Å². The fraction of sp³-hybridized carbons (Fsp3) is 0.385. The van der Waals surface area contributed by atoms with Gasteiger partial charge in [0.25, 0.3) is 10.1 Å². The van der Waals surface area contributed by atoms with Crippen molar-refractivity contribution in [2.75, 3.05) is 19.4 Å². The van der Waals surface area contributed by atoms with E-state index in [1.54, 1.807) is 22.9 Å². The zero-order chi connectivity index (χ0) is 22.0. The normalized spacial score (nSPS) is 19.7. The molecular formula is C13H18O4S3. The van der Waals surface area contributed by atoms with E-state index in [1.165, 1.54) is 12.1 Å². The van der Waals surface area contributed by atoms with Crippen LogP contribution in [0.1, 0.15) is 20.7 Å². The number of rotatable bonds is 6. The summed E-state index contributed by atoms with van der Waals surface area (Å²) in [6, 6.07) is 6.00. The van der Waals surface area contributed by atoms with Crippen LogP contribution in [-0.2, 0) is 27.0 Å². The summed E-state index contributed by atoms with van der Waals surface area (Å²) in [4.78, 5) is 0.260. The lowest BCUT2D eigenvalue weighted by Gasteiger charge is -1.97. The summed E-state index contributed by atoms with van der Waals surface area (Å²) in [6.45, 7) is -5.77. The molecule has 0 radical (unpaired) electrons. The Morgan fingerprint density at radius 1 is 1.20 bits per heavy atom. The Bertz CT molecular complexity index is 843. The maximum Gasteiger partial charge on any atom is 0.264 e. The molecule has 1 N–H and O–H groups in total. The van der Waals surface area contributed by atoms with Crippen LogP contribution in [0.15, 0.2) is 35.0 Å². The lowest BCUT2D eigenvalue weighted by atomic mass is 10.4. The molecule has 0 aromatic carbocycles. The molecule has 20 heavy (non-hydrogen) atoms. The molecule has 0 bridgehead atoms. The van der Waals surface area contributed by atoms with Crippen LogP contribution in [0.4, 0.5) is 0 Å². The third kappa shape index (κ3) is 8.44. The van der Waals surface area contributed by atoms with Gasteiger partial charge in [0.2, 0.25) is 0 Å². The predicted octanol–water partition coefficient (Wildman–Crippen LogP) is 2.55. The van der Waals surface area contributed by atoms with Gasteiger partial charge in [-0.05, 0) is 22.9 Å². The highest BCUT2D eigenvalue weighted by molar-refractivity contribution is 7.85. The molecule has 0 aliphatic rings. The van der Waals surface area contributed by atoms with Crippen molar-refractivity contribution in [3.8, 4) is 0 Å². The molecule has 0 atom stereocenters. The Hall–Kier alpha value is -0.730. The fourth-order valence-corrected chi connectivity index (χ4v) is 2.22. The highest BCUT2D eigenvalue weighted by atomic mass is 32.2. The summed E-state index contributed by atoms with van der Waals surface area (Å²) in [5.74, 6) is 0. The lowest BCUT2D eigenvalue weighted by Crippen LogP contribution is -2.05. The van der Waals surface area contributed by atoms with Crippen molar-refractivity contribution in [1.82, 2.24) is 0 Å². The van der Waals surface area contributed by atoms with Crippen molar-refractivity contribution in [2.45, 2.75) is 12.7 Å². The van der Waals surface area contributed by atoms with Gasteiger partial charge in [-0.25, -0.2) is 0 Å². The first-order valence-electron chi connectivity index (χ1n) is 9.13. The number of thiophene rings is 2. The van der Waals surface area contributed by atoms with Crippen LogP contribution in [-0.4, -0.2) is 32.9 Å². The molecule has 7 heteroatoms. The summed E-state index contributed by atoms with van der Waals surface area (Å²) in [5, 5.41) is 12.1. The number of hydrogen-bond acceptors (Lipinski definition) is 6. The zero-order valence-electron chi connectivity index (χ0n) is 18.4. The maximum atomic E-state index is 10.8. The van der Waals surface area contributed by atoms with Gasteiger partial charge in [0.15, 0.2) is 0 Å². The molecule has 2 aromatic rings. The molecule has 0 saturated carbocycles. The van der Waals surface area contributed by atoms with E-state index in [0.29, 0.717) is 6.26 Å². The van der Waals surface area contributed by atoms with Crippen molar-refractivity contribution in [3.05, 3.63) is 44.8 Å². The van der Waals surface area contributed by atoms with Gasteiger partial charge in [0.1, 0.15) is 0 Å². The van der Waals surface area contributed by atoms with Crippen molar-refractivity contribution in [3.63, 3.8) is 0 Å². The number of hydrogen-bond donors (Lipinski definition) is 1. The van der Waals surface area contributed by atoms with E-state index in [2.05, 4.69) is 4.18 Å². The molecule has 0 unspecified atom stereocenters. The van der Waals surface area contributed by atoms with Gasteiger partial charge >= 0.3 is 0 Å². The quantitative estimate of drug-likeness (QED) is 0.820. The standard InChI is InChI=1S/C7H10O3S2.C6H8OS/c1-12(8,9)10-5-4-7-3-2-6-11-7;7-4-3-6-2-1-5-8-6/h2-3,6H,4-5H2,1H3;1-2,5,7H,3-4H2/i4D2,5D2;3D2,4D2. The average Bonchev–Trinajstić information content (AvgIpc) is 3.18. The minimum absolute atomic E-state index is 0.0705. The Morgan fingerprint density at radius 2 is 1.75 bits per heavy atom. The molecular weight excluding hydrogens is 316 g/mol. The van der Waals surface area contributed by atoms with E-state index in [9.17, 15) is 8.42 Å². The number of aliphatic hydroxyl groups is 1. The second kappa shape index (κ2) is 9.25. The highest BCUT2D eigenvalue weighted by Crippen LogP contribution is 2.09. The van der Waals surface area contributed by atoms with Crippen LogP contribution < -0.4 is 0 Å². The summed E-state index contributed by atoms with van der Waals surface area (Å²) in [7, 11) is -4.07. The molecule has 0 aliphatic carbocycles. The molecule has 0 spiro atoms. The molecule has 112 valence electrons. The minimum atomic E-state index is -4.07. The Balaban J connectivity index is 0.000000292.